The van der Waals surface area contributed by atoms with Crippen LogP contribution in [0.1, 0.15) is 45.7 Å². The minimum absolute atomic E-state index is 0.167. The van der Waals surface area contributed by atoms with Crippen LogP contribution in [0.3, 0.4) is 0 Å². The molecule has 0 unspecified atom stereocenters. The van der Waals surface area contributed by atoms with E-state index in [2.05, 4.69) is 10.3 Å². The van der Waals surface area contributed by atoms with Gasteiger partial charge in [-0.3, -0.25) is 4.79 Å². The molecule has 0 fully saturated rings. The number of allylic oxidation sites excluding steroid dienone is 1. The number of H-pyrrole nitrogens is 1. The average Bonchev–Trinajstić information content (AvgIpc) is 3.02. The Balaban J connectivity index is 1.99. The van der Waals surface area contributed by atoms with Crippen molar-refractivity contribution in [1.29, 1.82) is 0 Å². The van der Waals surface area contributed by atoms with E-state index in [9.17, 15) is 14.7 Å². The minimum Gasteiger partial charge on any atom is -0.478 e. The maximum absolute atomic E-state index is 12.5. The number of carboxylic acid groups (broad SMARTS) is 1. The molecule has 24 heavy (non-hydrogen) atoms. The number of amides is 1. The van der Waals surface area contributed by atoms with Gasteiger partial charge in [0.15, 0.2) is 0 Å². The lowest BCUT2D eigenvalue weighted by atomic mass is 9.86. The second-order valence-electron chi connectivity index (χ2n) is 6.13. The highest BCUT2D eigenvalue weighted by Crippen LogP contribution is 2.43. The predicted octanol–water partition coefficient (Wildman–Crippen LogP) is 3.87. The molecule has 0 saturated heterocycles. The lowest BCUT2D eigenvalue weighted by Gasteiger charge is -2.18. The van der Waals surface area contributed by atoms with Crippen molar-refractivity contribution in [2.75, 3.05) is 5.32 Å². The molecule has 4 rings (SSSR count). The van der Waals surface area contributed by atoms with Gasteiger partial charge in [0.1, 0.15) is 0 Å². The summed E-state index contributed by atoms with van der Waals surface area (Å²) >= 11 is 6.10. The summed E-state index contributed by atoms with van der Waals surface area (Å²) in [6.45, 7) is 1.75. The van der Waals surface area contributed by atoms with E-state index >= 15 is 0 Å². The molecule has 5 nitrogen and oxygen atoms in total. The van der Waals surface area contributed by atoms with Gasteiger partial charge in [0.05, 0.1) is 11.1 Å². The Kier molecular flexibility index (Phi) is 3.28. The monoisotopic (exact) mass is 342 g/mol. The summed E-state index contributed by atoms with van der Waals surface area (Å²) in [4.78, 5) is 27.3. The molecule has 6 heteroatoms. The molecule has 122 valence electrons. The second kappa shape index (κ2) is 5.24. The summed E-state index contributed by atoms with van der Waals surface area (Å²) in [5.41, 5.74) is 5.48. The summed E-state index contributed by atoms with van der Waals surface area (Å²) in [5, 5.41) is 12.9. The Bertz CT molecular complexity index is 940. The van der Waals surface area contributed by atoms with Gasteiger partial charge in [0.25, 0.3) is 5.91 Å². The van der Waals surface area contributed by atoms with Crippen LogP contribution in [-0.2, 0) is 11.2 Å². The number of carboxylic acids is 1. The number of anilines is 1. The number of aromatic nitrogens is 1. The maximum atomic E-state index is 12.5. The zero-order valence-electron chi connectivity index (χ0n) is 13.0. The van der Waals surface area contributed by atoms with Gasteiger partial charge in [-0.25, -0.2) is 4.79 Å². The highest BCUT2D eigenvalue weighted by molar-refractivity contribution is 6.38. The number of aromatic carboxylic acids is 1. The van der Waals surface area contributed by atoms with Gasteiger partial charge in [-0.05, 0) is 55.5 Å². The standard InChI is InChI=1S/C18H15ClN2O3/c1-8-14(18(23)24)10-3-2-4-11(16(10)20-8)15-12-7-9(19)5-6-13(12)21-17(15)22/h5-7,20H,2-4H2,1H3,(H,21,22)(H,23,24)/b15-11-. The normalized spacial score (nSPS) is 19.0. The molecule has 0 spiro atoms. The zero-order chi connectivity index (χ0) is 17.0. The third-order valence-electron chi connectivity index (χ3n) is 4.69. The Hall–Kier alpha value is -2.53. The van der Waals surface area contributed by atoms with Crippen LogP contribution in [0.15, 0.2) is 18.2 Å². The van der Waals surface area contributed by atoms with E-state index in [4.69, 9.17) is 11.6 Å². The first kappa shape index (κ1) is 15.0. The third kappa shape index (κ3) is 2.08. The van der Waals surface area contributed by atoms with Crippen LogP contribution in [0.4, 0.5) is 5.69 Å². The second-order valence-corrected chi connectivity index (χ2v) is 6.57. The number of nitrogens with one attached hydrogen (secondary N) is 2. The number of rotatable bonds is 1. The molecule has 0 radical (unpaired) electrons. The van der Waals surface area contributed by atoms with Crippen molar-refractivity contribution in [1.82, 2.24) is 4.98 Å². The summed E-state index contributed by atoms with van der Waals surface area (Å²) in [7, 11) is 0. The van der Waals surface area contributed by atoms with Crippen molar-refractivity contribution in [2.45, 2.75) is 26.2 Å². The van der Waals surface area contributed by atoms with Crippen molar-refractivity contribution < 1.29 is 14.7 Å². The number of hydrogen-bond acceptors (Lipinski definition) is 2. The molecule has 2 aliphatic rings. The van der Waals surface area contributed by atoms with Crippen LogP contribution in [-0.4, -0.2) is 22.0 Å². The van der Waals surface area contributed by atoms with Gasteiger partial charge >= 0.3 is 5.97 Å². The van der Waals surface area contributed by atoms with Crippen LogP contribution in [0.25, 0.3) is 11.1 Å². The van der Waals surface area contributed by atoms with Crippen molar-refractivity contribution in [3.05, 3.63) is 51.3 Å². The van der Waals surface area contributed by atoms with E-state index in [1.807, 2.05) is 0 Å². The molecule has 1 aromatic heterocycles. The van der Waals surface area contributed by atoms with E-state index in [1.165, 1.54) is 0 Å². The molecule has 0 bridgehead atoms. The predicted molar refractivity (Wildman–Crippen MR) is 92.3 cm³/mol. The van der Waals surface area contributed by atoms with E-state index < -0.39 is 5.97 Å². The van der Waals surface area contributed by atoms with Gasteiger partial charge in [-0.1, -0.05) is 11.6 Å². The number of fused-ring (bicyclic) bond motifs is 2. The fraction of sp³-hybridized carbons (Fsp3) is 0.222. The molecule has 1 aliphatic carbocycles. The fourth-order valence-corrected chi connectivity index (χ4v) is 3.90. The number of hydrogen-bond donors (Lipinski definition) is 3. The van der Waals surface area contributed by atoms with Gasteiger partial charge in [-0.2, -0.15) is 0 Å². The van der Waals surface area contributed by atoms with Gasteiger partial charge < -0.3 is 15.4 Å². The maximum Gasteiger partial charge on any atom is 0.337 e. The fourth-order valence-electron chi connectivity index (χ4n) is 3.73. The first-order valence-corrected chi connectivity index (χ1v) is 8.14. The molecule has 1 aliphatic heterocycles. The first-order valence-electron chi connectivity index (χ1n) is 7.77. The Morgan fingerprint density at radius 2 is 2.08 bits per heavy atom. The molecule has 3 N–H and O–H groups in total. The van der Waals surface area contributed by atoms with Crippen molar-refractivity contribution in [3.63, 3.8) is 0 Å². The number of carbonyl (C=O) groups is 2. The molecule has 1 aromatic carbocycles. The molecule has 0 atom stereocenters. The average molecular weight is 343 g/mol. The Labute approximate surface area is 143 Å². The lowest BCUT2D eigenvalue weighted by Crippen LogP contribution is -2.10. The molecule has 2 heterocycles. The number of aromatic amines is 1. The largest absolute Gasteiger partial charge is 0.478 e. The van der Waals surface area contributed by atoms with Crippen molar-refractivity contribution in [2.24, 2.45) is 0 Å². The molecular weight excluding hydrogens is 328 g/mol. The minimum atomic E-state index is -0.935. The van der Waals surface area contributed by atoms with Crippen molar-refractivity contribution >= 4 is 40.3 Å². The van der Waals surface area contributed by atoms with Crippen LogP contribution in [0.2, 0.25) is 5.02 Å². The number of halogens is 1. The van der Waals surface area contributed by atoms with E-state index in [0.717, 1.165) is 40.9 Å². The highest BCUT2D eigenvalue weighted by atomic mass is 35.5. The first-order chi connectivity index (χ1) is 11.5. The quantitative estimate of drug-likeness (QED) is 0.688. The molecular formula is C18H15ClN2O3. The number of benzene rings is 1. The Morgan fingerprint density at radius 1 is 1.29 bits per heavy atom. The van der Waals surface area contributed by atoms with Gasteiger partial charge in [0, 0.05) is 27.7 Å². The number of carbonyl (C=O) groups excluding carboxylic acids is 1. The van der Waals surface area contributed by atoms with Gasteiger partial charge in [-0.15, -0.1) is 0 Å². The number of aryl methyl sites for hydroxylation is 1. The SMILES string of the molecule is Cc1[nH]c2c(c1C(=O)O)CCC/C2=C1/C(=O)Nc2ccc(Cl)cc21. The molecule has 0 saturated carbocycles. The zero-order valence-corrected chi connectivity index (χ0v) is 13.8. The Morgan fingerprint density at radius 3 is 2.83 bits per heavy atom. The summed E-state index contributed by atoms with van der Waals surface area (Å²) in [6.07, 6.45) is 2.23. The summed E-state index contributed by atoms with van der Waals surface area (Å²) in [5.74, 6) is -1.10. The van der Waals surface area contributed by atoms with Crippen LogP contribution in [0.5, 0.6) is 0 Å². The van der Waals surface area contributed by atoms with Crippen LogP contribution >= 0.6 is 11.6 Å². The van der Waals surface area contributed by atoms with Crippen LogP contribution in [0, 0.1) is 6.92 Å². The van der Waals surface area contributed by atoms with Crippen LogP contribution < -0.4 is 5.32 Å². The topological polar surface area (TPSA) is 82.2 Å². The molecule has 1 amide bonds. The highest BCUT2D eigenvalue weighted by Gasteiger charge is 2.33. The smallest absolute Gasteiger partial charge is 0.337 e. The lowest BCUT2D eigenvalue weighted by molar-refractivity contribution is -0.110. The molecule has 2 aromatic rings. The van der Waals surface area contributed by atoms with E-state index in [1.54, 1.807) is 25.1 Å². The van der Waals surface area contributed by atoms with Crippen molar-refractivity contribution in [3.8, 4) is 0 Å². The van der Waals surface area contributed by atoms with E-state index in [0.29, 0.717) is 28.3 Å². The third-order valence-corrected chi connectivity index (χ3v) is 4.92. The van der Waals surface area contributed by atoms with Gasteiger partial charge in [0.2, 0.25) is 0 Å². The summed E-state index contributed by atoms with van der Waals surface area (Å²) < 4.78 is 0. The summed E-state index contributed by atoms with van der Waals surface area (Å²) in [6, 6.07) is 5.30. The van der Waals surface area contributed by atoms with E-state index in [-0.39, 0.29) is 5.91 Å².